The Hall–Kier alpha value is -3.18. The van der Waals surface area contributed by atoms with Crippen LogP contribution in [0.25, 0.3) is 0 Å². The van der Waals surface area contributed by atoms with Gasteiger partial charge in [0.05, 0.1) is 12.1 Å². The predicted octanol–water partition coefficient (Wildman–Crippen LogP) is -0.737. The van der Waals surface area contributed by atoms with Crippen LogP contribution in [-0.2, 0) is 25.6 Å². The van der Waals surface area contributed by atoms with Crippen molar-refractivity contribution in [2.24, 2.45) is 5.92 Å². The SMILES string of the molecule is CC(C)C(NC(=O)C(NC(=O)C(Cc1ccc(O)cc1)NC(=O)C1CCCN1)C(C)O)C(=O)O. The van der Waals surface area contributed by atoms with Gasteiger partial charge < -0.3 is 36.6 Å². The number of phenolic OH excluding ortho intramolecular Hbond substituents is 1. The molecule has 1 aliphatic rings. The van der Waals surface area contributed by atoms with Crippen LogP contribution >= 0.6 is 0 Å². The van der Waals surface area contributed by atoms with Crippen molar-refractivity contribution in [3.05, 3.63) is 29.8 Å². The molecule has 5 atom stereocenters. The van der Waals surface area contributed by atoms with Crippen molar-refractivity contribution >= 4 is 23.7 Å². The number of phenols is 1. The fourth-order valence-corrected chi connectivity index (χ4v) is 3.67. The highest BCUT2D eigenvalue weighted by atomic mass is 16.4. The van der Waals surface area contributed by atoms with Crippen LogP contribution in [0.15, 0.2) is 24.3 Å². The Morgan fingerprint density at radius 1 is 1.00 bits per heavy atom. The van der Waals surface area contributed by atoms with Crippen molar-refractivity contribution < 1.29 is 34.5 Å². The van der Waals surface area contributed by atoms with Crippen LogP contribution in [-0.4, -0.2) is 75.8 Å². The average molecular weight is 479 g/mol. The normalized spacial score (nSPS) is 19.0. The fourth-order valence-electron chi connectivity index (χ4n) is 3.67. The van der Waals surface area contributed by atoms with Crippen LogP contribution in [0.5, 0.6) is 5.75 Å². The molecule has 1 aliphatic heterocycles. The van der Waals surface area contributed by atoms with Gasteiger partial charge in [0.25, 0.3) is 0 Å². The number of hydrogen-bond donors (Lipinski definition) is 7. The molecule has 0 aliphatic carbocycles. The van der Waals surface area contributed by atoms with Crippen molar-refractivity contribution in [2.75, 3.05) is 6.54 Å². The molecule has 0 aromatic heterocycles. The van der Waals surface area contributed by atoms with Crippen LogP contribution in [0, 0.1) is 5.92 Å². The van der Waals surface area contributed by atoms with E-state index >= 15 is 0 Å². The van der Waals surface area contributed by atoms with E-state index in [1.165, 1.54) is 19.1 Å². The number of amides is 3. The standard InChI is InChI=1S/C23H34N4O7/c1-12(2)18(23(33)34)26-22(32)19(13(3)28)27-21(31)17(11-14-6-8-15(29)9-7-14)25-20(30)16-5-4-10-24-16/h6-9,12-13,16-19,24,28-29H,4-5,10-11H2,1-3H3,(H,25,30)(H,26,32)(H,27,31)(H,33,34). The lowest BCUT2D eigenvalue weighted by Gasteiger charge is -2.27. The molecule has 34 heavy (non-hydrogen) atoms. The number of nitrogens with one attached hydrogen (secondary N) is 4. The highest BCUT2D eigenvalue weighted by Crippen LogP contribution is 2.13. The Morgan fingerprint density at radius 2 is 1.62 bits per heavy atom. The van der Waals surface area contributed by atoms with Crippen LogP contribution < -0.4 is 21.3 Å². The third-order valence-electron chi connectivity index (χ3n) is 5.68. The smallest absolute Gasteiger partial charge is 0.326 e. The van der Waals surface area contributed by atoms with Gasteiger partial charge in [-0.2, -0.15) is 0 Å². The predicted molar refractivity (Wildman–Crippen MR) is 123 cm³/mol. The van der Waals surface area contributed by atoms with E-state index in [2.05, 4.69) is 21.3 Å². The quantitative estimate of drug-likeness (QED) is 0.217. The summed E-state index contributed by atoms with van der Waals surface area (Å²) in [5, 5.41) is 39.5. The molecule has 188 valence electrons. The molecule has 0 saturated carbocycles. The van der Waals surface area contributed by atoms with Gasteiger partial charge in [0.2, 0.25) is 17.7 Å². The van der Waals surface area contributed by atoms with E-state index in [0.717, 1.165) is 6.42 Å². The molecule has 7 N–H and O–H groups in total. The molecule has 1 saturated heterocycles. The summed E-state index contributed by atoms with van der Waals surface area (Å²) in [5.41, 5.74) is 0.654. The summed E-state index contributed by atoms with van der Waals surface area (Å²) in [6.07, 6.45) is 0.205. The number of aromatic hydroxyl groups is 1. The summed E-state index contributed by atoms with van der Waals surface area (Å²) in [6.45, 7) is 5.23. The van der Waals surface area contributed by atoms with Crippen LogP contribution in [0.4, 0.5) is 0 Å². The van der Waals surface area contributed by atoms with Crippen LogP contribution in [0.2, 0.25) is 0 Å². The van der Waals surface area contributed by atoms with Crippen molar-refractivity contribution in [1.29, 1.82) is 0 Å². The molecule has 5 unspecified atom stereocenters. The third kappa shape index (κ3) is 7.70. The number of carboxylic acid groups (broad SMARTS) is 1. The van der Waals surface area contributed by atoms with Gasteiger partial charge in [0.1, 0.15) is 23.9 Å². The van der Waals surface area contributed by atoms with Gasteiger partial charge in [-0.15, -0.1) is 0 Å². The maximum atomic E-state index is 13.1. The average Bonchev–Trinajstić information content (AvgIpc) is 3.31. The summed E-state index contributed by atoms with van der Waals surface area (Å²) in [6, 6.07) is 1.97. The fraction of sp³-hybridized carbons (Fsp3) is 0.565. The van der Waals surface area contributed by atoms with Gasteiger partial charge in [-0.1, -0.05) is 26.0 Å². The summed E-state index contributed by atoms with van der Waals surface area (Å²) < 4.78 is 0. The number of hydrogen-bond acceptors (Lipinski definition) is 7. The number of rotatable bonds is 11. The zero-order valence-corrected chi connectivity index (χ0v) is 19.6. The lowest BCUT2D eigenvalue weighted by molar-refractivity contribution is -0.144. The van der Waals surface area contributed by atoms with E-state index in [-0.39, 0.29) is 18.1 Å². The zero-order valence-electron chi connectivity index (χ0n) is 19.6. The van der Waals surface area contributed by atoms with Crippen molar-refractivity contribution in [1.82, 2.24) is 21.3 Å². The lowest BCUT2D eigenvalue weighted by Crippen LogP contribution is -2.60. The Morgan fingerprint density at radius 3 is 2.12 bits per heavy atom. The summed E-state index contributed by atoms with van der Waals surface area (Å²) >= 11 is 0. The second-order valence-corrected chi connectivity index (χ2v) is 8.88. The van der Waals surface area contributed by atoms with Crippen molar-refractivity contribution in [3.8, 4) is 5.75 Å². The highest BCUT2D eigenvalue weighted by Gasteiger charge is 2.34. The number of aliphatic carboxylic acids is 1. The molecule has 2 rings (SSSR count). The van der Waals surface area contributed by atoms with Crippen LogP contribution in [0.3, 0.4) is 0 Å². The molecule has 1 aromatic rings. The molecular weight excluding hydrogens is 444 g/mol. The van der Waals surface area contributed by atoms with Gasteiger partial charge in [-0.3, -0.25) is 14.4 Å². The Bertz CT molecular complexity index is 867. The summed E-state index contributed by atoms with van der Waals surface area (Å²) in [5.74, 6) is -3.53. The Labute approximate surface area is 198 Å². The number of carbonyl (C=O) groups is 4. The first-order valence-corrected chi connectivity index (χ1v) is 11.3. The maximum Gasteiger partial charge on any atom is 0.326 e. The Kier molecular flexibility index (Phi) is 9.82. The monoisotopic (exact) mass is 478 g/mol. The van der Waals surface area contributed by atoms with E-state index in [9.17, 15) is 34.5 Å². The topological polar surface area (TPSA) is 177 Å². The maximum absolute atomic E-state index is 13.1. The van der Waals surface area contributed by atoms with Gasteiger partial charge in [0, 0.05) is 6.42 Å². The molecule has 1 fully saturated rings. The second kappa shape index (κ2) is 12.3. The number of carbonyl (C=O) groups excluding carboxylic acids is 3. The minimum atomic E-state index is -1.43. The minimum Gasteiger partial charge on any atom is -0.508 e. The third-order valence-corrected chi connectivity index (χ3v) is 5.68. The van der Waals surface area contributed by atoms with Gasteiger partial charge in [-0.25, -0.2) is 4.79 Å². The second-order valence-electron chi connectivity index (χ2n) is 8.88. The molecule has 11 nitrogen and oxygen atoms in total. The van der Waals surface area contributed by atoms with E-state index < -0.39 is 54.0 Å². The first-order chi connectivity index (χ1) is 16.0. The number of carboxylic acids is 1. The number of aliphatic hydroxyl groups is 1. The molecule has 1 heterocycles. The van der Waals surface area contributed by atoms with Crippen LogP contribution in [0.1, 0.15) is 39.2 Å². The largest absolute Gasteiger partial charge is 0.508 e. The van der Waals surface area contributed by atoms with Crippen molar-refractivity contribution in [2.45, 2.75) is 70.3 Å². The number of benzene rings is 1. The first-order valence-electron chi connectivity index (χ1n) is 11.3. The molecule has 1 aromatic carbocycles. The summed E-state index contributed by atoms with van der Waals surface area (Å²) in [4.78, 5) is 50.0. The molecule has 3 amide bonds. The van der Waals surface area contributed by atoms with E-state index in [1.54, 1.807) is 26.0 Å². The molecular formula is C23H34N4O7. The van der Waals surface area contributed by atoms with Gasteiger partial charge in [-0.05, 0) is 49.9 Å². The van der Waals surface area contributed by atoms with E-state index in [0.29, 0.717) is 18.5 Å². The minimum absolute atomic E-state index is 0.0490. The molecule has 0 spiro atoms. The molecule has 0 radical (unpaired) electrons. The van der Waals surface area contributed by atoms with Gasteiger partial charge >= 0.3 is 5.97 Å². The highest BCUT2D eigenvalue weighted by molar-refractivity contribution is 5.94. The van der Waals surface area contributed by atoms with Crippen molar-refractivity contribution in [3.63, 3.8) is 0 Å². The van der Waals surface area contributed by atoms with E-state index in [1.807, 2.05) is 0 Å². The number of aliphatic hydroxyl groups excluding tert-OH is 1. The first kappa shape index (κ1) is 27.1. The molecule has 0 bridgehead atoms. The van der Waals surface area contributed by atoms with E-state index in [4.69, 9.17) is 0 Å². The van der Waals surface area contributed by atoms with Gasteiger partial charge in [0.15, 0.2) is 0 Å². The molecule has 11 heteroatoms. The summed E-state index contributed by atoms with van der Waals surface area (Å²) in [7, 11) is 0. The zero-order chi connectivity index (χ0) is 25.4. The Balaban J connectivity index is 2.18. The lowest BCUT2D eigenvalue weighted by atomic mass is 10.0.